The van der Waals surface area contributed by atoms with E-state index in [0.29, 0.717) is 0 Å². The van der Waals surface area contributed by atoms with Gasteiger partial charge in [0, 0.05) is 11.5 Å². The summed E-state index contributed by atoms with van der Waals surface area (Å²) in [5.41, 5.74) is 0.565. The van der Waals surface area contributed by atoms with Gasteiger partial charge in [-0.1, -0.05) is 32.4 Å². The lowest BCUT2D eigenvalue weighted by atomic mass is 9.80. The van der Waals surface area contributed by atoms with Crippen molar-refractivity contribution in [3.63, 3.8) is 0 Å². The number of nitrogens with zero attached hydrogens (tertiary/aromatic N) is 1. The van der Waals surface area contributed by atoms with Crippen LogP contribution in [0.25, 0.3) is 0 Å². The van der Waals surface area contributed by atoms with E-state index in [1.807, 2.05) is 13.8 Å². The zero-order valence-electron chi connectivity index (χ0n) is 11.7. The standard InChI is InChI=1S/C16H22FNO/c1-16(2,12-19)15(18-10-4-3-5-11-18)13-6-8-14(17)9-7-13/h6-9,12,15H,3-5,10-11H2,1-2H3/t15-/m0/s1. The lowest BCUT2D eigenvalue weighted by molar-refractivity contribution is -0.118. The van der Waals surface area contributed by atoms with Crippen LogP contribution >= 0.6 is 0 Å². The minimum Gasteiger partial charge on any atom is -0.303 e. The molecule has 2 nitrogen and oxygen atoms in total. The van der Waals surface area contributed by atoms with Crippen molar-refractivity contribution in [1.82, 2.24) is 4.90 Å². The van der Waals surface area contributed by atoms with Gasteiger partial charge >= 0.3 is 0 Å². The van der Waals surface area contributed by atoms with Gasteiger partial charge in [0.15, 0.2) is 0 Å². The van der Waals surface area contributed by atoms with Gasteiger partial charge < -0.3 is 4.79 Å². The summed E-state index contributed by atoms with van der Waals surface area (Å²) in [5.74, 6) is -0.231. The maximum Gasteiger partial charge on any atom is 0.127 e. The van der Waals surface area contributed by atoms with Crippen molar-refractivity contribution in [3.05, 3.63) is 35.6 Å². The van der Waals surface area contributed by atoms with Crippen LogP contribution in [0.1, 0.15) is 44.7 Å². The summed E-state index contributed by atoms with van der Waals surface area (Å²) >= 11 is 0. The largest absolute Gasteiger partial charge is 0.303 e. The van der Waals surface area contributed by atoms with Gasteiger partial charge in [-0.3, -0.25) is 4.90 Å². The third-order valence-electron chi connectivity index (χ3n) is 3.95. The first kappa shape index (κ1) is 14.2. The van der Waals surface area contributed by atoms with Crippen molar-refractivity contribution in [2.45, 2.75) is 39.2 Å². The molecule has 0 bridgehead atoms. The molecule has 1 heterocycles. The molecule has 0 unspecified atom stereocenters. The highest BCUT2D eigenvalue weighted by atomic mass is 19.1. The van der Waals surface area contributed by atoms with Gasteiger partial charge in [-0.15, -0.1) is 0 Å². The van der Waals surface area contributed by atoms with Gasteiger partial charge in [-0.05, 0) is 43.6 Å². The van der Waals surface area contributed by atoms with Gasteiger partial charge in [0.05, 0.1) is 0 Å². The highest BCUT2D eigenvalue weighted by Gasteiger charge is 2.35. The molecular weight excluding hydrogens is 241 g/mol. The van der Waals surface area contributed by atoms with Crippen LogP contribution < -0.4 is 0 Å². The Labute approximate surface area is 114 Å². The van der Waals surface area contributed by atoms with E-state index in [4.69, 9.17) is 0 Å². The van der Waals surface area contributed by atoms with E-state index in [9.17, 15) is 9.18 Å². The van der Waals surface area contributed by atoms with Crippen LogP contribution in [0.4, 0.5) is 4.39 Å². The van der Waals surface area contributed by atoms with Crippen molar-refractivity contribution >= 4 is 6.29 Å². The number of rotatable bonds is 4. The summed E-state index contributed by atoms with van der Waals surface area (Å²) in [4.78, 5) is 13.8. The van der Waals surface area contributed by atoms with E-state index in [1.54, 1.807) is 12.1 Å². The number of aldehydes is 1. The van der Waals surface area contributed by atoms with E-state index >= 15 is 0 Å². The molecule has 0 amide bonds. The summed E-state index contributed by atoms with van der Waals surface area (Å²) in [7, 11) is 0. The first-order valence-corrected chi connectivity index (χ1v) is 7.00. The van der Waals surface area contributed by atoms with Crippen molar-refractivity contribution in [3.8, 4) is 0 Å². The average molecular weight is 263 g/mol. The Morgan fingerprint density at radius 2 is 1.74 bits per heavy atom. The normalized spacial score (nSPS) is 19.1. The van der Waals surface area contributed by atoms with E-state index in [-0.39, 0.29) is 11.9 Å². The maximum atomic E-state index is 13.1. The molecule has 1 atom stereocenters. The number of benzene rings is 1. The Bertz CT molecular complexity index is 421. The number of carbonyl (C=O) groups is 1. The number of piperidine rings is 1. The third kappa shape index (κ3) is 3.21. The van der Waals surface area contributed by atoms with Gasteiger partial charge in [0.1, 0.15) is 12.1 Å². The monoisotopic (exact) mass is 263 g/mol. The second kappa shape index (κ2) is 5.83. The molecule has 0 aliphatic carbocycles. The van der Waals surface area contributed by atoms with E-state index in [0.717, 1.165) is 24.9 Å². The van der Waals surface area contributed by atoms with Crippen LogP contribution in [0.2, 0.25) is 0 Å². The van der Waals surface area contributed by atoms with Gasteiger partial charge in [0.25, 0.3) is 0 Å². The lowest BCUT2D eigenvalue weighted by Crippen LogP contribution is -2.42. The molecule has 1 aliphatic heterocycles. The fourth-order valence-electron chi connectivity index (χ4n) is 3.00. The maximum absolute atomic E-state index is 13.1. The minimum atomic E-state index is -0.463. The molecule has 1 aliphatic rings. The zero-order valence-corrected chi connectivity index (χ0v) is 11.7. The number of hydrogen-bond donors (Lipinski definition) is 0. The summed E-state index contributed by atoms with van der Waals surface area (Å²) in [6.45, 7) is 5.95. The number of likely N-dealkylation sites (tertiary alicyclic amines) is 1. The quantitative estimate of drug-likeness (QED) is 0.774. The minimum absolute atomic E-state index is 0.0332. The fraction of sp³-hybridized carbons (Fsp3) is 0.562. The summed E-state index contributed by atoms with van der Waals surface area (Å²) in [6.07, 6.45) is 4.63. The predicted octanol–water partition coefficient (Wildman–Crippen LogP) is 3.58. The molecule has 1 saturated heterocycles. The van der Waals surface area contributed by atoms with E-state index in [2.05, 4.69) is 4.90 Å². The predicted molar refractivity (Wildman–Crippen MR) is 74.4 cm³/mol. The van der Waals surface area contributed by atoms with Crippen molar-refractivity contribution in [2.75, 3.05) is 13.1 Å². The molecule has 1 aromatic carbocycles. The first-order valence-electron chi connectivity index (χ1n) is 7.00. The Kier molecular flexibility index (Phi) is 4.35. The molecular formula is C16H22FNO. The lowest BCUT2D eigenvalue weighted by Gasteiger charge is -2.41. The third-order valence-corrected chi connectivity index (χ3v) is 3.95. The molecule has 0 saturated carbocycles. The van der Waals surface area contributed by atoms with Crippen LogP contribution in [0, 0.1) is 11.2 Å². The van der Waals surface area contributed by atoms with Crippen molar-refractivity contribution in [1.29, 1.82) is 0 Å². The van der Waals surface area contributed by atoms with E-state index in [1.165, 1.54) is 31.4 Å². The van der Waals surface area contributed by atoms with Gasteiger partial charge in [-0.2, -0.15) is 0 Å². The molecule has 0 N–H and O–H groups in total. The van der Waals surface area contributed by atoms with Crippen molar-refractivity contribution in [2.24, 2.45) is 5.41 Å². The van der Waals surface area contributed by atoms with Crippen molar-refractivity contribution < 1.29 is 9.18 Å². The molecule has 104 valence electrons. The SMILES string of the molecule is CC(C)(C=O)[C@H](c1ccc(F)cc1)N1CCCCC1. The molecule has 1 fully saturated rings. The van der Waals surface area contributed by atoms with Crippen LogP contribution in [0.5, 0.6) is 0 Å². The Morgan fingerprint density at radius 1 is 1.16 bits per heavy atom. The average Bonchev–Trinajstić information content (AvgIpc) is 2.42. The summed E-state index contributed by atoms with van der Waals surface area (Å²) in [5, 5.41) is 0. The molecule has 1 aromatic rings. The summed E-state index contributed by atoms with van der Waals surface area (Å²) < 4.78 is 13.1. The highest BCUT2D eigenvalue weighted by molar-refractivity contribution is 5.60. The zero-order chi connectivity index (χ0) is 13.9. The van der Waals surface area contributed by atoms with Gasteiger partial charge in [0.2, 0.25) is 0 Å². The molecule has 0 aromatic heterocycles. The smallest absolute Gasteiger partial charge is 0.127 e. The molecule has 0 spiro atoms. The topological polar surface area (TPSA) is 20.3 Å². The van der Waals surface area contributed by atoms with Gasteiger partial charge in [-0.25, -0.2) is 4.39 Å². The van der Waals surface area contributed by atoms with E-state index < -0.39 is 5.41 Å². The van der Waals surface area contributed by atoms with Crippen LogP contribution in [0.3, 0.4) is 0 Å². The fourth-order valence-corrected chi connectivity index (χ4v) is 3.00. The summed E-state index contributed by atoms with van der Waals surface area (Å²) in [6, 6.07) is 6.60. The molecule has 3 heteroatoms. The second-order valence-corrected chi connectivity index (χ2v) is 5.99. The number of hydrogen-bond acceptors (Lipinski definition) is 2. The number of halogens is 1. The Balaban J connectivity index is 2.33. The second-order valence-electron chi connectivity index (χ2n) is 5.99. The Morgan fingerprint density at radius 3 is 2.26 bits per heavy atom. The highest BCUT2D eigenvalue weighted by Crippen LogP contribution is 2.38. The molecule has 19 heavy (non-hydrogen) atoms. The molecule has 0 radical (unpaired) electrons. The Hall–Kier alpha value is -1.22. The molecule has 2 rings (SSSR count). The number of carbonyl (C=O) groups excluding carboxylic acids is 1. The first-order chi connectivity index (χ1) is 9.04. The van der Waals surface area contributed by atoms with Crippen LogP contribution in [-0.4, -0.2) is 24.3 Å². The van der Waals surface area contributed by atoms with Crippen LogP contribution in [-0.2, 0) is 4.79 Å². The van der Waals surface area contributed by atoms with Crippen LogP contribution in [0.15, 0.2) is 24.3 Å².